The third kappa shape index (κ3) is 2.79. The van der Waals surface area contributed by atoms with Crippen LogP contribution in [0.5, 0.6) is 0 Å². The molecule has 5 heteroatoms. The third-order valence-electron chi connectivity index (χ3n) is 2.54. The molecule has 0 saturated carbocycles. The summed E-state index contributed by atoms with van der Waals surface area (Å²) in [6.07, 6.45) is 3.57. The van der Waals surface area contributed by atoms with Gasteiger partial charge in [-0.15, -0.1) is 0 Å². The van der Waals surface area contributed by atoms with Crippen LogP contribution in [0.25, 0.3) is 0 Å². The number of hydrogen-bond donors (Lipinski definition) is 2. The minimum absolute atomic E-state index is 0.0154. The lowest BCUT2D eigenvalue weighted by atomic mass is 10.0. The molecule has 1 aliphatic heterocycles. The van der Waals surface area contributed by atoms with E-state index in [2.05, 4.69) is 15.5 Å². The zero-order valence-corrected chi connectivity index (χ0v) is 8.53. The van der Waals surface area contributed by atoms with Gasteiger partial charge in [0.25, 0.3) is 0 Å². The van der Waals surface area contributed by atoms with Gasteiger partial charge < -0.3 is 10.1 Å². The molecule has 15 heavy (non-hydrogen) atoms. The fraction of sp³-hybridized carbons (Fsp3) is 0.600. The van der Waals surface area contributed by atoms with Gasteiger partial charge in [0.2, 0.25) is 5.91 Å². The highest BCUT2D eigenvalue weighted by molar-refractivity contribution is 5.78. The molecule has 0 radical (unpaired) electrons. The fourth-order valence-corrected chi connectivity index (χ4v) is 1.66. The first kappa shape index (κ1) is 10.2. The Balaban J connectivity index is 1.76. The number of amides is 1. The van der Waals surface area contributed by atoms with Gasteiger partial charge in [0.15, 0.2) is 0 Å². The van der Waals surface area contributed by atoms with E-state index >= 15 is 0 Å². The van der Waals surface area contributed by atoms with Gasteiger partial charge in [-0.3, -0.25) is 9.89 Å². The summed E-state index contributed by atoms with van der Waals surface area (Å²) < 4.78 is 5.26. The van der Waals surface area contributed by atoms with Crippen molar-refractivity contribution < 1.29 is 9.53 Å². The van der Waals surface area contributed by atoms with E-state index in [9.17, 15) is 4.79 Å². The lowest BCUT2D eigenvalue weighted by Crippen LogP contribution is -2.35. The number of nitrogens with zero attached hydrogens (tertiary/aromatic N) is 1. The van der Waals surface area contributed by atoms with E-state index < -0.39 is 0 Å². The second kappa shape index (κ2) is 4.93. The zero-order chi connectivity index (χ0) is 10.5. The van der Waals surface area contributed by atoms with E-state index in [0.717, 1.165) is 25.1 Å². The van der Waals surface area contributed by atoms with Crippen molar-refractivity contribution in [3.8, 4) is 0 Å². The molecule has 82 valence electrons. The standard InChI is InChI=1S/C10H15N3O2/c14-10(8-2-1-5-15-7-8)11-6-9-3-4-12-13-9/h3-4,8H,1-2,5-7H2,(H,11,14)(H,12,13). The summed E-state index contributed by atoms with van der Waals surface area (Å²) >= 11 is 0. The van der Waals surface area contributed by atoms with Crippen molar-refractivity contribution in [2.75, 3.05) is 13.2 Å². The van der Waals surface area contributed by atoms with Gasteiger partial charge in [-0.2, -0.15) is 5.10 Å². The molecular formula is C10H15N3O2. The van der Waals surface area contributed by atoms with E-state index in [1.807, 2.05) is 6.07 Å². The summed E-state index contributed by atoms with van der Waals surface area (Å²) in [5, 5.41) is 9.48. The summed E-state index contributed by atoms with van der Waals surface area (Å²) in [6, 6.07) is 1.84. The average Bonchev–Trinajstić information content (AvgIpc) is 2.80. The van der Waals surface area contributed by atoms with Crippen molar-refractivity contribution in [1.29, 1.82) is 0 Å². The van der Waals surface area contributed by atoms with Crippen LogP contribution in [0.2, 0.25) is 0 Å². The Morgan fingerprint density at radius 1 is 1.73 bits per heavy atom. The van der Waals surface area contributed by atoms with Crippen molar-refractivity contribution in [2.24, 2.45) is 5.92 Å². The average molecular weight is 209 g/mol. The molecule has 0 aromatic carbocycles. The fourth-order valence-electron chi connectivity index (χ4n) is 1.66. The van der Waals surface area contributed by atoms with Gasteiger partial charge in [-0.05, 0) is 18.9 Å². The first-order valence-electron chi connectivity index (χ1n) is 5.20. The monoisotopic (exact) mass is 209 g/mol. The van der Waals surface area contributed by atoms with Gasteiger partial charge in [-0.1, -0.05) is 0 Å². The highest BCUT2D eigenvalue weighted by Crippen LogP contribution is 2.13. The van der Waals surface area contributed by atoms with E-state index in [4.69, 9.17) is 4.74 Å². The minimum atomic E-state index is 0.0154. The molecule has 1 atom stereocenters. The first-order chi connectivity index (χ1) is 7.36. The Bertz CT molecular complexity index is 304. The van der Waals surface area contributed by atoms with Crippen LogP contribution in [-0.4, -0.2) is 29.3 Å². The lowest BCUT2D eigenvalue weighted by Gasteiger charge is -2.20. The molecule has 1 saturated heterocycles. The second-order valence-corrected chi connectivity index (χ2v) is 3.71. The number of carbonyl (C=O) groups is 1. The molecule has 1 aromatic rings. The summed E-state index contributed by atoms with van der Waals surface area (Å²) in [5.74, 6) is 0.0889. The van der Waals surface area contributed by atoms with E-state index in [1.54, 1.807) is 6.20 Å². The Morgan fingerprint density at radius 2 is 2.67 bits per heavy atom. The van der Waals surface area contributed by atoms with E-state index in [-0.39, 0.29) is 11.8 Å². The topological polar surface area (TPSA) is 67.0 Å². The molecule has 1 aliphatic rings. The highest BCUT2D eigenvalue weighted by Gasteiger charge is 2.21. The summed E-state index contributed by atoms with van der Waals surface area (Å²) in [4.78, 5) is 11.7. The molecule has 0 aliphatic carbocycles. The lowest BCUT2D eigenvalue weighted by molar-refractivity contribution is -0.129. The smallest absolute Gasteiger partial charge is 0.225 e. The largest absolute Gasteiger partial charge is 0.381 e. The molecule has 5 nitrogen and oxygen atoms in total. The molecule has 0 bridgehead atoms. The van der Waals surface area contributed by atoms with Gasteiger partial charge in [-0.25, -0.2) is 0 Å². The number of aromatic nitrogens is 2. The van der Waals surface area contributed by atoms with Crippen molar-refractivity contribution >= 4 is 5.91 Å². The van der Waals surface area contributed by atoms with Crippen molar-refractivity contribution in [1.82, 2.24) is 15.5 Å². The number of H-pyrrole nitrogens is 1. The molecule has 1 fully saturated rings. The van der Waals surface area contributed by atoms with Crippen molar-refractivity contribution in [3.63, 3.8) is 0 Å². The van der Waals surface area contributed by atoms with Gasteiger partial charge in [0.05, 0.1) is 24.8 Å². The van der Waals surface area contributed by atoms with Gasteiger partial charge >= 0.3 is 0 Å². The molecule has 2 N–H and O–H groups in total. The van der Waals surface area contributed by atoms with Gasteiger partial charge in [0, 0.05) is 12.8 Å². The number of hydrogen-bond acceptors (Lipinski definition) is 3. The number of aromatic amines is 1. The van der Waals surface area contributed by atoms with Crippen molar-refractivity contribution in [2.45, 2.75) is 19.4 Å². The van der Waals surface area contributed by atoms with Crippen LogP contribution in [0.15, 0.2) is 12.3 Å². The molecule has 0 spiro atoms. The van der Waals surface area contributed by atoms with E-state index in [1.165, 1.54) is 0 Å². The maximum atomic E-state index is 11.7. The van der Waals surface area contributed by atoms with Crippen molar-refractivity contribution in [3.05, 3.63) is 18.0 Å². The predicted octanol–water partition coefficient (Wildman–Crippen LogP) is 0.452. The van der Waals surface area contributed by atoms with E-state index in [0.29, 0.717) is 13.2 Å². The molecular weight excluding hydrogens is 194 g/mol. The van der Waals surface area contributed by atoms with Crippen LogP contribution in [0, 0.1) is 5.92 Å². The Labute approximate surface area is 88.2 Å². The quantitative estimate of drug-likeness (QED) is 0.759. The number of ether oxygens (including phenoxy) is 1. The van der Waals surface area contributed by atoms with Crippen LogP contribution in [0.4, 0.5) is 0 Å². The Hall–Kier alpha value is -1.36. The number of nitrogens with one attached hydrogen (secondary N) is 2. The number of carbonyl (C=O) groups excluding carboxylic acids is 1. The molecule has 2 rings (SSSR count). The third-order valence-corrected chi connectivity index (χ3v) is 2.54. The van der Waals surface area contributed by atoms with Crippen LogP contribution < -0.4 is 5.32 Å². The summed E-state index contributed by atoms with van der Waals surface area (Å²) in [7, 11) is 0. The summed E-state index contributed by atoms with van der Waals surface area (Å²) in [6.45, 7) is 1.84. The minimum Gasteiger partial charge on any atom is -0.381 e. The molecule has 1 unspecified atom stereocenters. The Morgan fingerprint density at radius 3 is 3.33 bits per heavy atom. The van der Waals surface area contributed by atoms with Crippen LogP contribution in [0.3, 0.4) is 0 Å². The molecule has 1 aromatic heterocycles. The highest BCUT2D eigenvalue weighted by atomic mass is 16.5. The Kier molecular flexibility index (Phi) is 3.34. The second-order valence-electron chi connectivity index (χ2n) is 3.71. The first-order valence-corrected chi connectivity index (χ1v) is 5.20. The predicted molar refractivity (Wildman–Crippen MR) is 54.0 cm³/mol. The zero-order valence-electron chi connectivity index (χ0n) is 8.53. The number of rotatable bonds is 3. The van der Waals surface area contributed by atoms with Crippen LogP contribution in [-0.2, 0) is 16.1 Å². The molecule has 2 heterocycles. The van der Waals surface area contributed by atoms with Gasteiger partial charge in [0.1, 0.15) is 0 Å². The molecule has 1 amide bonds. The SMILES string of the molecule is O=C(NCc1ccn[nH]1)C1CCCOC1. The van der Waals surface area contributed by atoms with Crippen LogP contribution >= 0.6 is 0 Å². The van der Waals surface area contributed by atoms with Crippen LogP contribution in [0.1, 0.15) is 18.5 Å². The maximum Gasteiger partial charge on any atom is 0.225 e. The normalized spacial score (nSPS) is 21.2. The summed E-state index contributed by atoms with van der Waals surface area (Å²) in [5.41, 5.74) is 0.917. The maximum absolute atomic E-state index is 11.7.